The van der Waals surface area contributed by atoms with Crippen molar-refractivity contribution < 1.29 is 14.8 Å². The van der Waals surface area contributed by atoms with E-state index in [4.69, 9.17) is 4.74 Å². The third-order valence-electron chi connectivity index (χ3n) is 3.29. The number of phenolic OH excluding ortho intramolecular Hbond substituents is 1. The topological polar surface area (TPSA) is 126 Å². The Morgan fingerprint density at radius 2 is 2.21 bits per heavy atom. The molecule has 24 heavy (non-hydrogen) atoms. The van der Waals surface area contributed by atoms with Crippen LogP contribution in [0.5, 0.6) is 11.5 Å². The number of nitro benzene ring substituents is 1. The summed E-state index contributed by atoms with van der Waals surface area (Å²) in [7, 11) is 1.32. The molecule has 0 spiro atoms. The highest BCUT2D eigenvalue weighted by Gasteiger charge is 2.17. The monoisotopic (exact) mass is 327 g/mol. The number of anilines is 1. The van der Waals surface area contributed by atoms with E-state index in [0.717, 1.165) is 17.1 Å². The van der Waals surface area contributed by atoms with E-state index >= 15 is 0 Å². The number of hydrogen-bond donors (Lipinski definition) is 3. The molecule has 1 heterocycles. The van der Waals surface area contributed by atoms with Crippen LogP contribution in [0.4, 0.5) is 11.6 Å². The molecular weight excluding hydrogens is 314 g/mol. The van der Waals surface area contributed by atoms with Gasteiger partial charge in [-0.1, -0.05) is 12.1 Å². The van der Waals surface area contributed by atoms with E-state index < -0.39 is 4.92 Å². The maximum Gasteiger partial charge on any atom is 0.282 e. The van der Waals surface area contributed by atoms with Crippen LogP contribution < -0.4 is 10.2 Å². The first-order chi connectivity index (χ1) is 11.6. The minimum Gasteiger partial charge on any atom is -0.504 e. The molecule has 2 aromatic carbocycles. The number of benzene rings is 2. The molecule has 9 heteroatoms. The maximum atomic E-state index is 11.1. The number of rotatable bonds is 5. The van der Waals surface area contributed by atoms with E-state index in [1.807, 2.05) is 24.3 Å². The van der Waals surface area contributed by atoms with Crippen LogP contribution in [0.15, 0.2) is 41.5 Å². The van der Waals surface area contributed by atoms with Gasteiger partial charge < -0.3 is 14.8 Å². The number of phenols is 1. The predicted octanol–water partition coefficient (Wildman–Crippen LogP) is 2.63. The summed E-state index contributed by atoms with van der Waals surface area (Å²) < 4.78 is 4.87. The summed E-state index contributed by atoms with van der Waals surface area (Å²) >= 11 is 0. The Balaban J connectivity index is 1.85. The normalized spacial score (nSPS) is 11.0. The minimum absolute atomic E-state index is 0.0177. The zero-order valence-corrected chi connectivity index (χ0v) is 12.6. The molecule has 0 unspecified atom stereocenters. The lowest BCUT2D eigenvalue weighted by atomic mass is 10.1. The van der Waals surface area contributed by atoms with Gasteiger partial charge >= 0.3 is 0 Å². The van der Waals surface area contributed by atoms with Gasteiger partial charge in [-0.15, -0.1) is 0 Å². The zero-order chi connectivity index (χ0) is 17.1. The van der Waals surface area contributed by atoms with Gasteiger partial charge in [0.2, 0.25) is 5.95 Å². The van der Waals surface area contributed by atoms with Crippen molar-refractivity contribution in [2.24, 2.45) is 5.10 Å². The van der Waals surface area contributed by atoms with E-state index in [1.165, 1.54) is 19.4 Å². The van der Waals surface area contributed by atoms with Gasteiger partial charge in [-0.05, 0) is 18.2 Å². The number of methoxy groups -OCH3 is 1. The maximum absolute atomic E-state index is 11.1. The molecule has 9 nitrogen and oxygen atoms in total. The number of nitrogens with zero attached hydrogens (tertiary/aromatic N) is 3. The van der Waals surface area contributed by atoms with E-state index in [1.54, 1.807) is 0 Å². The van der Waals surface area contributed by atoms with Crippen LogP contribution in [0.25, 0.3) is 11.0 Å². The van der Waals surface area contributed by atoms with E-state index in [-0.39, 0.29) is 22.7 Å². The number of hydrazone groups is 1. The van der Waals surface area contributed by atoms with E-state index in [2.05, 4.69) is 20.5 Å². The second-order valence-electron chi connectivity index (χ2n) is 4.81. The average molecular weight is 327 g/mol. The van der Waals surface area contributed by atoms with Crippen molar-refractivity contribution >= 4 is 28.9 Å². The molecule has 0 saturated carbocycles. The lowest BCUT2D eigenvalue weighted by molar-refractivity contribution is -0.385. The molecule has 122 valence electrons. The van der Waals surface area contributed by atoms with Gasteiger partial charge in [0.15, 0.2) is 11.5 Å². The Hall–Kier alpha value is -3.62. The summed E-state index contributed by atoms with van der Waals surface area (Å²) in [6.07, 6.45) is 1.23. The van der Waals surface area contributed by atoms with Gasteiger partial charge in [-0.2, -0.15) is 5.10 Å². The summed E-state index contributed by atoms with van der Waals surface area (Å²) in [5.74, 6) is 0.199. The van der Waals surface area contributed by atoms with Gasteiger partial charge in [0.05, 0.1) is 40.9 Å². The average Bonchev–Trinajstić information content (AvgIpc) is 2.97. The number of fused-ring (bicyclic) bond motifs is 1. The molecule has 0 aliphatic heterocycles. The summed E-state index contributed by atoms with van der Waals surface area (Å²) in [4.78, 5) is 17.8. The van der Waals surface area contributed by atoms with Crippen LogP contribution in [0, 0.1) is 10.1 Å². The van der Waals surface area contributed by atoms with Crippen molar-refractivity contribution in [3.8, 4) is 11.5 Å². The Labute approximate surface area is 135 Å². The quantitative estimate of drug-likeness (QED) is 0.376. The fourth-order valence-corrected chi connectivity index (χ4v) is 2.17. The largest absolute Gasteiger partial charge is 0.504 e. The first-order valence-electron chi connectivity index (χ1n) is 6.87. The van der Waals surface area contributed by atoms with E-state index in [0.29, 0.717) is 5.95 Å². The number of para-hydroxylation sites is 2. The predicted molar refractivity (Wildman–Crippen MR) is 88.6 cm³/mol. The number of imidazole rings is 1. The van der Waals surface area contributed by atoms with Crippen LogP contribution in [0.1, 0.15) is 5.56 Å². The number of aromatic hydroxyl groups is 1. The molecule has 0 bridgehead atoms. The Morgan fingerprint density at radius 3 is 2.92 bits per heavy atom. The van der Waals surface area contributed by atoms with Crippen LogP contribution in [0.3, 0.4) is 0 Å². The highest BCUT2D eigenvalue weighted by Crippen LogP contribution is 2.32. The Bertz CT molecular complexity index is 902. The van der Waals surface area contributed by atoms with Crippen molar-refractivity contribution in [1.82, 2.24) is 9.97 Å². The molecule has 0 aliphatic carbocycles. The number of aromatic nitrogens is 2. The van der Waals surface area contributed by atoms with Crippen LogP contribution in [-0.4, -0.2) is 33.3 Å². The van der Waals surface area contributed by atoms with Crippen molar-refractivity contribution in [1.29, 1.82) is 0 Å². The molecule has 3 N–H and O–H groups in total. The molecule has 0 aliphatic rings. The Morgan fingerprint density at radius 1 is 1.42 bits per heavy atom. The van der Waals surface area contributed by atoms with Gasteiger partial charge in [0.1, 0.15) is 0 Å². The smallest absolute Gasteiger partial charge is 0.282 e. The zero-order valence-electron chi connectivity index (χ0n) is 12.6. The van der Waals surface area contributed by atoms with Gasteiger partial charge in [-0.3, -0.25) is 10.1 Å². The van der Waals surface area contributed by atoms with Gasteiger partial charge in [-0.25, -0.2) is 10.4 Å². The lowest BCUT2D eigenvalue weighted by Gasteiger charge is -2.04. The summed E-state index contributed by atoms with van der Waals surface area (Å²) in [5.41, 5.74) is 4.16. The standard InChI is InChI=1S/C15H13N5O4/c1-24-14-7-12(20(22)23)9(6-13(14)21)8-16-19-15-17-10-4-2-3-5-11(10)18-15/h2-8,21H,1H3,(H2,17,18,19)/b16-8-. The SMILES string of the molecule is COc1cc([N+](=O)[O-])c(/C=N\Nc2nc3ccccc3[nH]2)cc1O. The molecule has 0 saturated heterocycles. The molecule has 3 rings (SSSR count). The van der Waals surface area contributed by atoms with Crippen LogP contribution in [0.2, 0.25) is 0 Å². The summed E-state index contributed by atoms with van der Waals surface area (Å²) in [6.45, 7) is 0. The van der Waals surface area contributed by atoms with Crippen molar-refractivity contribution in [2.75, 3.05) is 12.5 Å². The first-order valence-corrected chi connectivity index (χ1v) is 6.87. The fourth-order valence-electron chi connectivity index (χ4n) is 2.17. The molecule has 0 atom stereocenters. The number of aromatic amines is 1. The number of ether oxygens (including phenoxy) is 1. The molecular formula is C15H13N5O4. The first kappa shape index (κ1) is 15.3. The fraction of sp³-hybridized carbons (Fsp3) is 0.0667. The molecule has 0 radical (unpaired) electrons. The van der Waals surface area contributed by atoms with E-state index in [9.17, 15) is 15.2 Å². The Kier molecular flexibility index (Phi) is 3.98. The highest BCUT2D eigenvalue weighted by atomic mass is 16.6. The molecule has 1 aromatic heterocycles. The third-order valence-corrected chi connectivity index (χ3v) is 3.29. The third kappa shape index (κ3) is 2.95. The van der Waals surface area contributed by atoms with Crippen molar-refractivity contribution in [2.45, 2.75) is 0 Å². The number of hydrogen-bond acceptors (Lipinski definition) is 7. The lowest BCUT2D eigenvalue weighted by Crippen LogP contribution is -1.98. The van der Waals surface area contributed by atoms with Crippen LogP contribution >= 0.6 is 0 Å². The van der Waals surface area contributed by atoms with Crippen LogP contribution in [-0.2, 0) is 0 Å². The summed E-state index contributed by atoms with van der Waals surface area (Å²) in [6, 6.07) is 9.78. The highest BCUT2D eigenvalue weighted by molar-refractivity contribution is 5.87. The molecule has 0 amide bonds. The second-order valence-corrected chi connectivity index (χ2v) is 4.81. The summed E-state index contributed by atoms with van der Waals surface area (Å²) in [5, 5.41) is 24.8. The molecule has 3 aromatic rings. The molecule has 0 fully saturated rings. The van der Waals surface area contributed by atoms with Gasteiger partial charge in [0, 0.05) is 0 Å². The second kappa shape index (κ2) is 6.24. The number of nitrogens with one attached hydrogen (secondary N) is 2. The van der Waals surface area contributed by atoms with Crippen molar-refractivity contribution in [3.05, 3.63) is 52.1 Å². The minimum atomic E-state index is -0.579. The van der Waals surface area contributed by atoms with Gasteiger partial charge in [0.25, 0.3) is 5.69 Å². The van der Waals surface area contributed by atoms with Crippen molar-refractivity contribution in [3.63, 3.8) is 0 Å². The number of H-pyrrole nitrogens is 1. The number of nitro groups is 1.